The lowest BCUT2D eigenvalue weighted by molar-refractivity contribution is -0.121. The van der Waals surface area contributed by atoms with E-state index < -0.39 is 0 Å². The summed E-state index contributed by atoms with van der Waals surface area (Å²) in [6.07, 6.45) is 0.749. The molecule has 0 saturated carbocycles. The zero-order valence-corrected chi connectivity index (χ0v) is 10.9. The highest BCUT2D eigenvalue weighted by Gasteiger charge is 2.28. The first-order valence-corrected chi connectivity index (χ1v) is 6.46. The molecule has 1 atom stereocenters. The number of hydrogen-bond donors (Lipinski definition) is 3. The number of carbonyl (C=O) groups excluding carboxylic acids is 1. The summed E-state index contributed by atoms with van der Waals surface area (Å²) in [5.41, 5.74) is 8.67. The molecule has 2 aromatic rings. The topological polar surface area (TPSA) is 110 Å². The van der Waals surface area contributed by atoms with Gasteiger partial charge in [-0.1, -0.05) is 12.1 Å². The zero-order valence-electron chi connectivity index (χ0n) is 10.9. The van der Waals surface area contributed by atoms with E-state index in [0.29, 0.717) is 12.5 Å². The smallest absolute Gasteiger partial charge is 0.239 e. The number of para-hydroxylation sites is 1. The molecule has 3 rings (SSSR count). The van der Waals surface area contributed by atoms with Gasteiger partial charge in [0.1, 0.15) is 5.82 Å². The summed E-state index contributed by atoms with van der Waals surface area (Å²) in [6.45, 7) is 1.33. The van der Waals surface area contributed by atoms with Gasteiger partial charge in [0.25, 0.3) is 0 Å². The third-order valence-electron chi connectivity index (χ3n) is 3.60. The first kappa shape index (κ1) is 12.6. The van der Waals surface area contributed by atoms with Crippen LogP contribution in [0, 0.1) is 5.92 Å². The van der Waals surface area contributed by atoms with Crippen LogP contribution >= 0.6 is 0 Å². The number of hydrogen-bond acceptors (Lipinski definition) is 6. The number of nitrogen functional groups attached to an aromatic ring is 1. The second kappa shape index (κ2) is 4.93. The molecule has 0 bridgehead atoms. The van der Waals surface area contributed by atoms with E-state index in [0.717, 1.165) is 29.7 Å². The van der Waals surface area contributed by atoms with Crippen molar-refractivity contribution in [3.8, 4) is 0 Å². The SMILES string of the molecule is NNc1nc(N2CCC(C(N)=O)C2)c2ccccc2n1. The van der Waals surface area contributed by atoms with Gasteiger partial charge in [-0.15, -0.1) is 0 Å². The zero-order chi connectivity index (χ0) is 14.1. The van der Waals surface area contributed by atoms with Gasteiger partial charge in [0.2, 0.25) is 11.9 Å². The Hall–Kier alpha value is -2.41. The number of anilines is 2. The summed E-state index contributed by atoms with van der Waals surface area (Å²) in [7, 11) is 0. The van der Waals surface area contributed by atoms with E-state index in [4.69, 9.17) is 11.6 Å². The Morgan fingerprint density at radius 1 is 1.35 bits per heavy atom. The van der Waals surface area contributed by atoms with Gasteiger partial charge >= 0.3 is 0 Å². The Morgan fingerprint density at radius 3 is 2.85 bits per heavy atom. The van der Waals surface area contributed by atoms with Gasteiger partial charge in [-0.25, -0.2) is 10.8 Å². The monoisotopic (exact) mass is 272 g/mol. The molecule has 1 unspecified atom stereocenters. The lowest BCUT2D eigenvalue weighted by Crippen LogP contribution is -2.28. The molecular weight excluding hydrogens is 256 g/mol. The number of aromatic nitrogens is 2. The van der Waals surface area contributed by atoms with E-state index >= 15 is 0 Å². The molecule has 0 aliphatic carbocycles. The average Bonchev–Trinajstić information content (AvgIpc) is 2.96. The van der Waals surface area contributed by atoms with E-state index in [1.165, 1.54) is 0 Å². The molecule has 1 fully saturated rings. The third-order valence-corrected chi connectivity index (χ3v) is 3.60. The largest absolute Gasteiger partial charge is 0.369 e. The normalized spacial score (nSPS) is 18.4. The molecule has 1 aromatic carbocycles. The summed E-state index contributed by atoms with van der Waals surface area (Å²) >= 11 is 0. The molecule has 1 aliphatic heterocycles. The minimum absolute atomic E-state index is 0.127. The van der Waals surface area contributed by atoms with Crippen LogP contribution in [0.25, 0.3) is 10.9 Å². The van der Waals surface area contributed by atoms with Gasteiger partial charge in [-0.3, -0.25) is 10.2 Å². The van der Waals surface area contributed by atoms with Gasteiger partial charge in [0.15, 0.2) is 0 Å². The molecular formula is C13H16N6O. The Labute approximate surface area is 115 Å². The maximum Gasteiger partial charge on any atom is 0.239 e. The number of nitrogens with one attached hydrogen (secondary N) is 1. The van der Waals surface area contributed by atoms with E-state index in [2.05, 4.69) is 20.3 Å². The van der Waals surface area contributed by atoms with E-state index in [1.54, 1.807) is 0 Å². The van der Waals surface area contributed by atoms with Crippen molar-refractivity contribution >= 4 is 28.6 Å². The fourth-order valence-corrected chi connectivity index (χ4v) is 2.55. The van der Waals surface area contributed by atoms with Gasteiger partial charge in [0, 0.05) is 18.5 Å². The molecule has 5 N–H and O–H groups in total. The number of nitrogens with two attached hydrogens (primary N) is 2. The van der Waals surface area contributed by atoms with E-state index in [-0.39, 0.29) is 11.8 Å². The Kier molecular flexibility index (Phi) is 3.11. The lowest BCUT2D eigenvalue weighted by Gasteiger charge is -2.19. The quantitative estimate of drug-likeness (QED) is 0.545. The van der Waals surface area contributed by atoms with Crippen LogP contribution in [0.3, 0.4) is 0 Å². The van der Waals surface area contributed by atoms with Crippen LogP contribution < -0.4 is 21.9 Å². The van der Waals surface area contributed by atoms with Crippen molar-refractivity contribution < 1.29 is 4.79 Å². The number of fused-ring (bicyclic) bond motifs is 1. The summed E-state index contributed by atoms with van der Waals surface area (Å²) in [4.78, 5) is 22.1. The Bertz CT molecular complexity index is 658. The van der Waals surface area contributed by atoms with Crippen molar-refractivity contribution in [1.82, 2.24) is 9.97 Å². The van der Waals surface area contributed by atoms with Crippen molar-refractivity contribution in [3.63, 3.8) is 0 Å². The summed E-state index contributed by atoms with van der Waals surface area (Å²) in [6, 6.07) is 7.72. The lowest BCUT2D eigenvalue weighted by atomic mass is 10.1. The van der Waals surface area contributed by atoms with E-state index in [1.807, 2.05) is 24.3 Å². The van der Waals surface area contributed by atoms with Crippen molar-refractivity contribution in [3.05, 3.63) is 24.3 Å². The molecule has 1 aromatic heterocycles. The molecule has 0 radical (unpaired) electrons. The van der Waals surface area contributed by atoms with Crippen LogP contribution in [0.15, 0.2) is 24.3 Å². The fourth-order valence-electron chi connectivity index (χ4n) is 2.55. The van der Waals surface area contributed by atoms with Crippen molar-refractivity contribution in [2.45, 2.75) is 6.42 Å². The van der Waals surface area contributed by atoms with Gasteiger partial charge < -0.3 is 10.6 Å². The Morgan fingerprint density at radius 2 is 2.15 bits per heavy atom. The average molecular weight is 272 g/mol. The molecule has 2 heterocycles. The van der Waals surface area contributed by atoms with Crippen molar-refractivity contribution in [1.29, 1.82) is 0 Å². The fraction of sp³-hybridized carbons (Fsp3) is 0.308. The van der Waals surface area contributed by atoms with Gasteiger partial charge in [-0.2, -0.15) is 4.98 Å². The molecule has 7 nitrogen and oxygen atoms in total. The van der Waals surface area contributed by atoms with Crippen LogP contribution in [-0.2, 0) is 4.79 Å². The minimum Gasteiger partial charge on any atom is -0.369 e. The molecule has 20 heavy (non-hydrogen) atoms. The maximum atomic E-state index is 11.3. The molecule has 7 heteroatoms. The van der Waals surface area contributed by atoms with Crippen LogP contribution in [0.2, 0.25) is 0 Å². The minimum atomic E-state index is -0.261. The third kappa shape index (κ3) is 2.12. The standard InChI is InChI=1S/C13H16N6O/c14-11(20)8-5-6-19(7-8)12-9-3-1-2-4-10(9)16-13(17-12)18-15/h1-4,8H,5-7,15H2,(H2,14,20)(H,16,17,18). The van der Waals surface area contributed by atoms with E-state index in [9.17, 15) is 4.79 Å². The number of carbonyl (C=O) groups is 1. The number of primary amides is 1. The second-order valence-corrected chi connectivity index (χ2v) is 4.87. The number of rotatable bonds is 3. The molecule has 1 amide bonds. The summed E-state index contributed by atoms with van der Waals surface area (Å²) < 4.78 is 0. The van der Waals surface area contributed by atoms with Crippen LogP contribution in [0.5, 0.6) is 0 Å². The number of hydrazine groups is 1. The molecule has 1 saturated heterocycles. The predicted octanol–water partition coefficient (Wildman–Crippen LogP) is 0.227. The summed E-state index contributed by atoms with van der Waals surface area (Å²) in [5.74, 6) is 6.18. The first-order valence-electron chi connectivity index (χ1n) is 6.46. The number of amides is 1. The highest BCUT2D eigenvalue weighted by molar-refractivity contribution is 5.91. The maximum absolute atomic E-state index is 11.3. The molecule has 0 spiro atoms. The highest BCUT2D eigenvalue weighted by Crippen LogP contribution is 2.29. The summed E-state index contributed by atoms with van der Waals surface area (Å²) in [5, 5.41) is 0.941. The van der Waals surface area contributed by atoms with Crippen LogP contribution in [0.4, 0.5) is 11.8 Å². The molecule has 104 valence electrons. The first-order chi connectivity index (χ1) is 9.69. The van der Waals surface area contributed by atoms with Gasteiger partial charge in [0.05, 0.1) is 11.4 Å². The van der Waals surface area contributed by atoms with Crippen LogP contribution in [0.1, 0.15) is 6.42 Å². The Balaban J connectivity index is 2.04. The number of benzene rings is 1. The van der Waals surface area contributed by atoms with Crippen LogP contribution in [-0.4, -0.2) is 29.0 Å². The van der Waals surface area contributed by atoms with Crippen molar-refractivity contribution in [2.75, 3.05) is 23.4 Å². The number of nitrogens with zero attached hydrogens (tertiary/aromatic N) is 3. The second-order valence-electron chi connectivity index (χ2n) is 4.87. The highest BCUT2D eigenvalue weighted by atomic mass is 16.1. The van der Waals surface area contributed by atoms with Gasteiger partial charge in [-0.05, 0) is 18.6 Å². The van der Waals surface area contributed by atoms with Crippen molar-refractivity contribution in [2.24, 2.45) is 17.5 Å². The molecule has 1 aliphatic rings. The predicted molar refractivity (Wildman–Crippen MR) is 76.9 cm³/mol.